The number of ether oxygens (including phenoxy) is 2. The quantitative estimate of drug-likeness (QED) is 0.622. The van der Waals surface area contributed by atoms with Crippen molar-refractivity contribution in [3.63, 3.8) is 0 Å². The van der Waals surface area contributed by atoms with Gasteiger partial charge in [0.1, 0.15) is 5.75 Å². The van der Waals surface area contributed by atoms with Crippen molar-refractivity contribution >= 4 is 17.1 Å². The lowest BCUT2D eigenvalue weighted by Crippen LogP contribution is -2.40. The van der Waals surface area contributed by atoms with Crippen molar-refractivity contribution in [1.29, 1.82) is 0 Å². The summed E-state index contributed by atoms with van der Waals surface area (Å²) in [4.78, 5) is 34.4. The van der Waals surface area contributed by atoms with Gasteiger partial charge in [-0.2, -0.15) is 0 Å². The molecule has 11 heteroatoms. The summed E-state index contributed by atoms with van der Waals surface area (Å²) in [5.74, 6) is -0.380. The summed E-state index contributed by atoms with van der Waals surface area (Å²) >= 11 is 0. The summed E-state index contributed by atoms with van der Waals surface area (Å²) in [6.45, 7) is 2.21. The lowest BCUT2D eigenvalue weighted by atomic mass is 10.00. The maximum Gasteiger partial charge on any atom is 0.573 e. The number of piperidine rings is 1. The number of hydrogen-bond acceptors (Lipinski definition) is 5. The third kappa shape index (κ3) is 4.52. The van der Waals surface area contributed by atoms with Gasteiger partial charge in [0, 0.05) is 43.4 Å². The molecule has 2 aliphatic heterocycles. The van der Waals surface area contributed by atoms with Gasteiger partial charge in [0.2, 0.25) is 0 Å². The Bertz CT molecular complexity index is 1240. The minimum Gasteiger partial charge on any atom is -0.406 e. The second-order valence-corrected chi connectivity index (χ2v) is 8.59. The van der Waals surface area contributed by atoms with Crippen LogP contribution in [0.15, 0.2) is 41.3 Å². The first-order valence-corrected chi connectivity index (χ1v) is 11.1. The highest BCUT2D eigenvalue weighted by Gasteiger charge is 2.31. The Hall–Kier alpha value is -3.34. The molecule has 1 atom stereocenters. The molecule has 0 bridgehead atoms. The fourth-order valence-corrected chi connectivity index (χ4v) is 4.71. The standard InChI is InChI=1S/C23H23F3N4O4/c24-23(25,26)34-18-3-1-14(2-4-18)21(31)29-8-5-17(6-9-29)30-19-11-16(15-7-10-33-13-15)12-27-20(19)28-22(30)32/h1-4,11-12,15,17H,5-10,13H2,(H,27,28,32). The highest BCUT2D eigenvalue weighted by atomic mass is 19.4. The van der Waals surface area contributed by atoms with E-state index in [1.165, 1.54) is 12.1 Å². The molecular formula is C23H23F3N4O4. The van der Waals surface area contributed by atoms with Crippen molar-refractivity contribution in [3.8, 4) is 5.75 Å². The Kier molecular flexibility index (Phi) is 5.80. The van der Waals surface area contributed by atoms with Crippen molar-refractivity contribution < 1.29 is 27.4 Å². The van der Waals surface area contributed by atoms with E-state index in [4.69, 9.17) is 4.74 Å². The molecule has 0 aliphatic carbocycles. The van der Waals surface area contributed by atoms with Gasteiger partial charge in [-0.25, -0.2) is 9.78 Å². The van der Waals surface area contributed by atoms with E-state index in [1.54, 1.807) is 15.7 Å². The number of alkyl halides is 3. The van der Waals surface area contributed by atoms with E-state index in [0.29, 0.717) is 44.8 Å². The van der Waals surface area contributed by atoms with E-state index < -0.39 is 6.36 Å². The Balaban J connectivity index is 1.28. The molecule has 2 saturated heterocycles. The van der Waals surface area contributed by atoms with Crippen molar-refractivity contribution in [2.24, 2.45) is 0 Å². The number of carbonyl (C=O) groups excluding carboxylic acids is 1. The molecule has 1 amide bonds. The zero-order valence-corrected chi connectivity index (χ0v) is 18.2. The lowest BCUT2D eigenvalue weighted by Gasteiger charge is -2.32. The van der Waals surface area contributed by atoms with E-state index in [-0.39, 0.29) is 34.9 Å². The normalized spacial score (nSPS) is 19.6. The zero-order valence-electron chi connectivity index (χ0n) is 18.2. The number of rotatable bonds is 4. The first-order chi connectivity index (χ1) is 16.3. The fraction of sp³-hybridized carbons (Fsp3) is 0.435. The van der Waals surface area contributed by atoms with Gasteiger partial charge in [-0.1, -0.05) is 0 Å². The molecule has 1 N–H and O–H groups in total. The fourth-order valence-electron chi connectivity index (χ4n) is 4.71. The summed E-state index contributed by atoms with van der Waals surface area (Å²) in [7, 11) is 0. The third-order valence-electron chi connectivity index (χ3n) is 6.45. The van der Waals surface area contributed by atoms with Crippen LogP contribution in [-0.4, -0.2) is 58.0 Å². The minimum absolute atomic E-state index is 0.0928. The Labute approximate surface area is 192 Å². The van der Waals surface area contributed by atoms with Crippen LogP contribution in [0.3, 0.4) is 0 Å². The Morgan fingerprint density at radius 3 is 2.53 bits per heavy atom. The van der Waals surface area contributed by atoms with Gasteiger partial charge >= 0.3 is 12.1 Å². The van der Waals surface area contributed by atoms with Crippen LogP contribution in [0.5, 0.6) is 5.75 Å². The molecule has 2 fully saturated rings. The average molecular weight is 476 g/mol. The van der Waals surface area contributed by atoms with Crippen LogP contribution in [0, 0.1) is 0 Å². The van der Waals surface area contributed by atoms with Crippen LogP contribution in [-0.2, 0) is 4.74 Å². The molecule has 0 saturated carbocycles. The summed E-state index contributed by atoms with van der Waals surface area (Å²) in [6, 6.07) is 6.79. The summed E-state index contributed by atoms with van der Waals surface area (Å²) < 4.78 is 48.1. The zero-order chi connectivity index (χ0) is 23.9. The van der Waals surface area contributed by atoms with Gasteiger partial charge in [-0.15, -0.1) is 13.2 Å². The van der Waals surface area contributed by atoms with E-state index in [2.05, 4.69) is 14.7 Å². The molecule has 4 heterocycles. The number of imidazole rings is 1. The van der Waals surface area contributed by atoms with Gasteiger partial charge < -0.3 is 14.4 Å². The van der Waals surface area contributed by atoms with Crippen molar-refractivity contribution in [2.75, 3.05) is 26.3 Å². The number of H-pyrrole nitrogens is 1. The predicted octanol–water partition coefficient (Wildman–Crippen LogP) is 3.60. The Morgan fingerprint density at radius 1 is 1.15 bits per heavy atom. The summed E-state index contributed by atoms with van der Waals surface area (Å²) in [5, 5.41) is 0. The topological polar surface area (TPSA) is 89.5 Å². The van der Waals surface area contributed by atoms with Crippen LogP contribution in [0.25, 0.3) is 11.2 Å². The third-order valence-corrected chi connectivity index (χ3v) is 6.45. The monoisotopic (exact) mass is 476 g/mol. The maximum absolute atomic E-state index is 12.8. The molecule has 8 nitrogen and oxygen atoms in total. The molecule has 5 rings (SSSR count). The highest BCUT2D eigenvalue weighted by molar-refractivity contribution is 5.94. The number of pyridine rings is 1. The first kappa shape index (κ1) is 22.5. The number of aromatic amines is 1. The molecule has 2 aliphatic rings. The van der Waals surface area contributed by atoms with E-state index in [0.717, 1.165) is 29.6 Å². The van der Waals surface area contributed by atoms with Crippen molar-refractivity contribution in [1.82, 2.24) is 19.4 Å². The van der Waals surface area contributed by atoms with Crippen molar-refractivity contribution in [2.45, 2.75) is 37.6 Å². The van der Waals surface area contributed by atoms with Gasteiger partial charge in [0.15, 0.2) is 5.65 Å². The largest absolute Gasteiger partial charge is 0.573 e. The van der Waals surface area contributed by atoms with Gasteiger partial charge in [-0.05, 0) is 55.2 Å². The second kappa shape index (κ2) is 8.79. The SMILES string of the molecule is O=C(c1ccc(OC(F)(F)F)cc1)N1CCC(n2c(=O)[nH]c3ncc(C4CCOC4)cc32)CC1. The number of fused-ring (bicyclic) bond motifs is 1. The molecule has 3 aromatic rings. The van der Waals surface area contributed by atoms with Crippen LogP contribution in [0.1, 0.15) is 47.1 Å². The summed E-state index contributed by atoms with van der Waals surface area (Å²) in [5.41, 5.74) is 2.38. The molecule has 2 aromatic heterocycles. The Morgan fingerprint density at radius 2 is 1.88 bits per heavy atom. The maximum atomic E-state index is 12.8. The number of halogens is 3. The van der Waals surface area contributed by atoms with Crippen molar-refractivity contribution in [3.05, 3.63) is 58.1 Å². The first-order valence-electron chi connectivity index (χ1n) is 11.1. The predicted molar refractivity (Wildman–Crippen MR) is 116 cm³/mol. The van der Waals surface area contributed by atoms with E-state index in [1.807, 2.05) is 6.07 Å². The minimum atomic E-state index is -4.78. The molecule has 1 aromatic carbocycles. The van der Waals surface area contributed by atoms with Crippen LogP contribution in [0.4, 0.5) is 13.2 Å². The number of carbonyl (C=O) groups is 1. The van der Waals surface area contributed by atoms with Gasteiger partial charge in [0.25, 0.3) is 5.91 Å². The van der Waals surface area contributed by atoms with E-state index >= 15 is 0 Å². The lowest BCUT2D eigenvalue weighted by molar-refractivity contribution is -0.274. The second-order valence-electron chi connectivity index (χ2n) is 8.59. The smallest absolute Gasteiger partial charge is 0.406 e. The molecular weight excluding hydrogens is 453 g/mol. The number of hydrogen-bond donors (Lipinski definition) is 1. The van der Waals surface area contributed by atoms with Crippen LogP contribution >= 0.6 is 0 Å². The number of benzene rings is 1. The number of nitrogens with one attached hydrogen (secondary N) is 1. The number of amides is 1. The molecule has 0 radical (unpaired) electrons. The molecule has 34 heavy (non-hydrogen) atoms. The number of aromatic nitrogens is 3. The molecule has 180 valence electrons. The number of nitrogens with zero attached hydrogens (tertiary/aromatic N) is 3. The molecule has 0 spiro atoms. The van der Waals surface area contributed by atoms with Gasteiger partial charge in [0.05, 0.1) is 12.1 Å². The van der Waals surface area contributed by atoms with Crippen LogP contribution in [0.2, 0.25) is 0 Å². The van der Waals surface area contributed by atoms with Crippen LogP contribution < -0.4 is 10.4 Å². The highest BCUT2D eigenvalue weighted by Crippen LogP contribution is 2.30. The summed E-state index contributed by atoms with van der Waals surface area (Å²) in [6.07, 6.45) is -0.926. The average Bonchev–Trinajstić information content (AvgIpc) is 3.45. The molecule has 1 unspecified atom stereocenters. The van der Waals surface area contributed by atoms with E-state index in [9.17, 15) is 22.8 Å². The van der Waals surface area contributed by atoms with Gasteiger partial charge in [-0.3, -0.25) is 14.3 Å². The number of likely N-dealkylation sites (tertiary alicyclic amines) is 1.